The van der Waals surface area contributed by atoms with Crippen LogP contribution < -0.4 is 0 Å². The van der Waals surface area contributed by atoms with Crippen molar-refractivity contribution < 1.29 is 19.1 Å². The van der Waals surface area contributed by atoms with E-state index in [1.807, 2.05) is 6.92 Å². The first-order valence-electron chi connectivity index (χ1n) is 10.3. The van der Waals surface area contributed by atoms with Crippen LogP contribution in [-0.4, -0.2) is 30.1 Å². The van der Waals surface area contributed by atoms with Crippen molar-refractivity contribution >= 4 is 17.8 Å². The molecular formula is C23H24O4. The van der Waals surface area contributed by atoms with Crippen LogP contribution in [0.3, 0.4) is 0 Å². The van der Waals surface area contributed by atoms with E-state index in [1.165, 1.54) is 11.1 Å². The molecule has 4 heteroatoms. The second kappa shape index (κ2) is 4.91. The molecule has 2 spiro atoms. The molecule has 1 heterocycles. The Morgan fingerprint density at radius 2 is 2.15 bits per heavy atom. The van der Waals surface area contributed by atoms with E-state index >= 15 is 0 Å². The fraction of sp³-hybridized carbons (Fsp3) is 0.565. The van der Waals surface area contributed by atoms with Gasteiger partial charge in [-0.25, -0.2) is 0 Å². The monoisotopic (exact) mass is 364 g/mol. The molecule has 4 aliphatic carbocycles. The second-order valence-corrected chi connectivity index (χ2v) is 8.87. The molecule has 1 aliphatic heterocycles. The van der Waals surface area contributed by atoms with Gasteiger partial charge in [-0.15, -0.1) is 0 Å². The topological polar surface area (TPSA) is 52.6 Å². The van der Waals surface area contributed by atoms with Gasteiger partial charge in [-0.05, 0) is 49.7 Å². The van der Waals surface area contributed by atoms with E-state index < -0.39 is 5.60 Å². The molecule has 0 amide bonds. The highest BCUT2D eigenvalue weighted by atomic mass is 16.6. The van der Waals surface area contributed by atoms with Gasteiger partial charge in [0.25, 0.3) is 0 Å². The maximum absolute atomic E-state index is 13.0. The Labute approximate surface area is 158 Å². The minimum absolute atomic E-state index is 0.162. The Bertz CT molecular complexity index is 903. The highest BCUT2D eigenvalue weighted by Crippen LogP contribution is 2.83. The van der Waals surface area contributed by atoms with E-state index in [-0.39, 0.29) is 40.5 Å². The molecule has 4 fully saturated rings. The molecule has 1 unspecified atom stereocenters. The molecule has 6 atom stereocenters. The molecule has 140 valence electrons. The molecule has 1 aromatic rings. The number of hydrogen-bond acceptors (Lipinski definition) is 4. The average Bonchev–Trinajstić information content (AvgIpc) is 3.04. The molecular weight excluding hydrogens is 340 g/mol. The van der Waals surface area contributed by atoms with Crippen LogP contribution in [-0.2, 0) is 24.5 Å². The number of ketones is 1. The lowest BCUT2D eigenvalue weighted by atomic mass is 9.36. The molecule has 0 aromatic heterocycles. The largest absolute Gasteiger partial charge is 0.466 e. The van der Waals surface area contributed by atoms with Crippen molar-refractivity contribution in [1.29, 1.82) is 0 Å². The Hall–Kier alpha value is -1.94. The van der Waals surface area contributed by atoms with E-state index in [2.05, 4.69) is 36.4 Å². The fourth-order valence-corrected chi connectivity index (χ4v) is 7.83. The maximum atomic E-state index is 13.0. The van der Waals surface area contributed by atoms with Gasteiger partial charge >= 0.3 is 5.97 Å². The lowest BCUT2D eigenvalue weighted by molar-refractivity contribution is -0.202. The number of carbonyl (C=O) groups is 2. The predicted molar refractivity (Wildman–Crippen MR) is 98.9 cm³/mol. The van der Waals surface area contributed by atoms with E-state index in [1.54, 1.807) is 0 Å². The summed E-state index contributed by atoms with van der Waals surface area (Å²) in [7, 11) is 0. The predicted octanol–water partition coefficient (Wildman–Crippen LogP) is 3.43. The molecule has 5 aliphatic rings. The number of ether oxygens (including phenoxy) is 2. The molecule has 3 saturated carbocycles. The lowest BCUT2D eigenvalue weighted by Crippen LogP contribution is -2.74. The smallest absolute Gasteiger partial charge is 0.312 e. The summed E-state index contributed by atoms with van der Waals surface area (Å²) in [5, 5.41) is 0. The van der Waals surface area contributed by atoms with Gasteiger partial charge in [0, 0.05) is 17.3 Å². The van der Waals surface area contributed by atoms with Crippen molar-refractivity contribution in [2.45, 2.75) is 56.1 Å². The summed E-state index contributed by atoms with van der Waals surface area (Å²) in [6, 6.07) is 8.51. The molecule has 1 aromatic carbocycles. The first kappa shape index (κ1) is 16.1. The Balaban J connectivity index is 1.63. The van der Waals surface area contributed by atoms with Gasteiger partial charge in [0.05, 0.1) is 12.5 Å². The molecule has 0 bridgehead atoms. The van der Waals surface area contributed by atoms with Crippen LogP contribution in [0.2, 0.25) is 0 Å². The van der Waals surface area contributed by atoms with Crippen molar-refractivity contribution in [2.75, 3.05) is 6.61 Å². The van der Waals surface area contributed by atoms with Crippen molar-refractivity contribution in [3.63, 3.8) is 0 Å². The van der Waals surface area contributed by atoms with E-state index in [0.717, 1.165) is 25.7 Å². The van der Waals surface area contributed by atoms with Crippen LogP contribution in [0.15, 0.2) is 30.3 Å². The zero-order valence-corrected chi connectivity index (χ0v) is 15.6. The number of rotatable bonds is 2. The second-order valence-electron chi connectivity index (χ2n) is 8.87. The minimum atomic E-state index is -0.723. The van der Waals surface area contributed by atoms with Crippen LogP contribution in [0.25, 0.3) is 6.08 Å². The van der Waals surface area contributed by atoms with Gasteiger partial charge in [-0.2, -0.15) is 0 Å². The third-order valence-electron chi connectivity index (χ3n) is 8.31. The molecule has 4 nitrogen and oxygen atoms in total. The quantitative estimate of drug-likeness (QED) is 0.755. The van der Waals surface area contributed by atoms with Crippen molar-refractivity contribution in [3.8, 4) is 0 Å². The SMILES string of the molecule is CCOC(=O)C1[C@@H]2CC[C@]34CCCC(=O)[C@H]3O[C@]13C=Cc1ccccc1[C@@]243. The van der Waals surface area contributed by atoms with Crippen LogP contribution in [0.5, 0.6) is 0 Å². The van der Waals surface area contributed by atoms with Gasteiger partial charge < -0.3 is 9.47 Å². The van der Waals surface area contributed by atoms with Gasteiger partial charge in [0.15, 0.2) is 5.78 Å². The van der Waals surface area contributed by atoms with E-state index in [4.69, 9.17) is 9.47 Å². The van der Waals surface area contributed by atoms with E-state index in [0.29, 0.717) is 13.0 Å². The van der Waals surface area contributed by atoms with Crippen molar-refractivity contribution in [3.05, 3.63) is 41.5 Å². The molecule has 0 radical (unpaired) electrons. The molecule has 27 heavy (non-hydrogen) atoms. The summed E-state index contributed by atoms with van der Waals surface area (Å²) in [4.78, 5) is 25.9. The molecule has 0 N–H and O–H groups in total. The summed E-state index contributed by atoms with van der Waals surface area (Å²) in [6.45, 7) is 2.22. The van der Waals surface area contributed by atoms with Crippen molar-refractivity contribution in [1.82, 2.24) is 0 Å². The minimum Gasteiger partial charge on any atom is -0.466 e. The van der Waals surface area contributed by atoms with E-state index in [9.17, 15) is 9.59 Å². The first-order valence-corrected chi connectivity index (χ1v) is 10.3. The summed E-state index contributed by atoms with van der Waals surface area (Å²) in [5.41, 5.74) is 1.34. The van der Waals surface area contributed by atoms with Crippen LogP contribution in [0.1, 0.15) is 50.2 Å². The summed E-state index contributed by atoms with van der Waals surface area (Å²) < 4.78 is 12.2. The average molecular weight is 364 g/mol. The number of benzene rings is 1. The zero-order chi connectivity index (χ0) is 18.4. The van der Waals surface area contributed by atoms with Crippen molar-refractivity contribution in [2.24, 2.45) is 17.3 Å². The molecule has 6 rings (SSSR count). The third kappa shape index (κ3) is 1.44. The van der Waals surface area contributed by atoms with Crippen LogP contribution >= 0.6 is 0 Å². The van der Waals surface area contributed by atoms with Gasteiger partial charge in [0.2, 0.25) is 0 Å². The number of Topliss-reactive ketones (excluding diaryl/α,β-unsaturated/α-hetero) is 1. The standard InChI is InChI=1S/C23H24O4/c1-2-26-20(25)18-16-10-12-21-11-5-8-17(24)19(21)27-22(18)13-9-14-6-3-4-7-15(14)23(16,21)22/h3-4,6-7,9,13,16,18-19H,2,5,8,10-12H2,1H3/t16-,18?,19+,21+,22+,23+/m0/s1. The lowest BCUT2D eigenvalue weighted by Gasteiger charge is -2.65. The summed E-state index contributed by atoms with van der Waals surface area (Å²) in [6.07, 6.45) is 8.29. The maximum Gasteiger partial charge on any atom is 0.312 e. The van der Waals surface area contributed by atoms with Gasteiger partial charge in [-0.1, -0.05) is 36.4 Å². The van der Waals surface area contributed by atoms with Crippen LogP contribution in [0, 0.1) is 17.3 Å². The highest BCUT2D eigenvalue weighted by molar-refractivity contribution is 5.90. The normalized spacial score (nSPS) is 45.4. The summed E-state index contributed by atoms with van der Waals surface area (Å²) >= 11 is 0. The van der Waals surface area contributed by atoms with Gasteiger partial charge in [-0.3, -0.25) is 9.59 Å². The number of esters is 1. The third-order valence-corrected chi connectivity index (χ3v) is 8.31. The highest BCUT2D eigenvalue weighted by Gasteiger charge is 2.90. The summed E-state index contributed by atoms with van der Waals surface area (Å²) in [5.74, 6) is -0.0471. The zero-order valence-electron chi connectivity index (χ0n) is 15.6. The Morgan fingerprint density at radius 1 is 1.30 bits per heavy atom. The number of hydrogen-bond donors (Lipinski definition) is 0. The number of fused-ring (bicyclic) bond motifs is 1. The fourth-order valence-electron chi connectivity index (χ4n) is 7.83. The molecule has 1 saturated heterocycles. The Kier molecular flexibility index (Phi) is 2.92. The van der Waals surface area contributed by atoms with Crippen LogP contribution in [0.4, 0.5) is 0 Å². The Morgan fingerprint density at radius 3 is 3.00 bits per heavy atom. The number of carbonyl (C=O) groups excluding carboxylic acids is 2. The van der Waals surface area contributed by atoms with Gasteiger partial charge in [0.1, 0.15) is 11.7 Å². The first-order chi connectivity index (χ1) is 13.1.